The fraction of sp³-hybridized carbons (Fsp3) is 0.560. The number of piperazine rings is 1. The zero-order valence-corrected chi connectivity index (χ0v) is 21.2. The molecule has 2 aliphatic rings. The average molecular weight is 489 g/mol. The number of benzene rings is 1. The van der Waals surface area contributed by atoms with E-state index < -0.39 is 10.0 Å². The number of hydrogen-bond acceptors (Lipinski definition) is 5. The predicted octanol–water partition coefficient (Wildman–Crippen LogP) is 3.43. The quantitative estimate of drug-likeness (QED) is 0.673. The van der Waals surface area contributed by atoms with Crippen LogP contribution in [-0.4, -0.2) is 74.4 Å². The van der Waals surface area contributed by atoms with E-state index in [1.807, 2.05) is 24.3 Å². The fourth-order valence-corrected chi connectivity index (χ4v) is 6.07. The lowest BCUT2D eigenvalue weighted by Gasteiger charge is -2.34. The van der Waals surface area contributed by atoms with Crippen LogP contribution in [0.2, 0.25) is 0 Å². The van der Waals surface area contributed by atoms with Gasteiger partial charge in [-0.2, -0.15) is 4.31 Å². The minimum atomic E-state index is -3.58. The molecule has 0 spiro atoms. The van der Waals surface area contributed by atoms with Crippen molar-refractivity contribution >= 4 is 16.1 Å². The molecular weight excluding hydrogens is 452 g/mol. The van der Waals surface area contributed by atoms with E-state index in [4.69, 9.17) is 4.42 Å². The second-order valence-corrected chi connectivity index (χ2v) is 12.1. The van der Waals surface area contributed by atoms with Crippen molar-refractivity contribution in [1.82, 2.24) is 19.4 Å². The van der Waals surface area contributed by atoms with Gasteiger partial charge >= 0.3 is 6.03 Å². The lowest BCUT2D eigenvalue weighted by molar-refractivity contribution is 0.163. The number of likely N-dealkylation sites (tertiary alicyclic amines) is 1. The number of nitrogens with one attached hydrogen (secondary N) is 1. The third kappa shape index (κ3) is 5.47. The molecule has 1 aromatic carbocycles. The van der Waals surface area contributed by atoms with Gasteiger partial charge in [-0.25, -0.2) is 13.2 Å². The van der Waals surface area contributed by atoms with Crippen LogP contribution in [0.3, 0.4) is 0 Å². The van der Waals surface area contributed by atoms with E-state index in [9.17, 15) is 13.2 Å². The average Bonchev–Trinajstić information content (AvgIpc) is 3.54. The lowest BCUT2D eigenvalue weighted by Crippen LogP contribution is -2.53. The number of sulfonamides is 1. The highest BCUT2D eigenvalue weighted by Gasteiger charge is 2.31. The van der Waals surface area contributed by atoms with Gasteiger partial charge in [-0.15, -0.1) is 0 Å². The fourth-order valence-electron chi connectivity index (χ4n) is 4.65. The van der Waals surface area contributed by atoms with Gasteiger partial charge in [0.05, 0.1) is 17.2 Å². The summed E-state index contributed by atoms with van der Waals surface area (Å²) in [5, 5.41) is 3.04. The van der Waals surface area contributed by atoms with Crippen molar-refractivity contribution < 1.29 is 17.6 Å². The molecule has 2 aliphatic heterocycles. The van der Waals surface area contributed by atoms with Gasteiger partial charge in [0.2, 0.25) is 10.0 Å². The molecule has 0 radical (unpaired) electrons. The molecule has 0 unspecified atom stereocenters. The normalized spacial score (nSPS) is 19.3. The maximum Gasteiger partial charge on any atom is 0.317 e. The van der Waals surface area contributed by atoms with E-state index in [0.29, 0.717) is 24.5 Å². The van der Waals surface area contributed by atoms with Gasteiger partial charge in [0.15, 0.2) is 0 Å². The monoisotopic (exact) mass is 488 g/mol. The Morgan fingerprint density at radius 3 is 2.21 bits per heavy atom. The van der Waals surface area contributed by atoms with Crippen LogP contribution in [0.15, 0.2) is 52.0 Å². The highest BCUT2D eigenvalue weighted by Crippen LogP contribution is 2.26. The van der Waals surface area contributed by atoms with E-state index in [2.05, 4.69) is 31.0 Å². The van der Waals surface area contributed by atoms with Crippen molar-refractivity contribution in [2.24, 2.45) is 0 Å². The summed E-state index contributed by atoms with van der Waals surface area (Å²) in [6.07, 6.45) is 3.97. The van der Waals surface area contributed by atoms with Crippen LogP contribution in [0.1, 0.15) is 51.0 Å². The molecule has 1 atom stereocenters. The predicted molar refractivity (Wildman–Crippen MR) is 131 cm³/mol. The maximum atomic E-state index is 13.1. The second kappa shape index (κ2) is 10.1. The Bertz CT molecular complexity index is 1050. The topological polar surface area (TPSA) is 86.1 Å². The van der Waals surface area contributed by atoms with Gasteiger partial charge in [-0.3, -0.25) is 4.90 Å². The highest BCUT2D eigenvalue weighted by molar-refractivity contribution is 7.89. The summed E-state index contributed by atoms with van der Waals surface area (Å²) >= 11 is 0. The van der Waals surface area contributed by atoms with Gasteiger partial charge < -0.3 is 14.6 Å². The van der Waals surface area contributed by atoms with Gasteiger partial charge in [0, 0.05) is 32.7 Å². The van der Waals surface area contributed by atoms with E-state index in [1.54, 1.807) is 23.3 Å². The molecule has 1 N–H and O–H groups in total. The molecule has 1 aromatic heterocycles. The van der Waals surface area contributed by atoms with Crippen molar-refractivity contribution in [3.8, 4) is 0 Å². The van der Waals surface area contributed by atoms with Crippen molar-refractivity contribution in [3.63, 3.8) is 0 Å². The molecular formula is C25H36N4O4S. The second-order valence-electron chi connectivity index (χ2n) is 10.1. The molecule has 2 aromatic rings. The summed E-state index contributed by atoms with van der Waals surface area (Å²) < 4.78 is 33.3. The van der Waals surface area contributed by atoms with E-state index in [-0.39, 0.29) is 30.6 Å². The first-order valence-corrected chi connectivity index (χ1v) is 13.5. The number of nitrogens with zero attached hydrogens (tertiary/aromatic N) is 3. The standard InChI is InChI=1S/C25H36N4O4S/c1-25(2,3)20-8-10-21(11-9-20)34(31,32)29-16-14-28(15-17-29)24(30)26-19-22(23-7-6-18-33-23)27-12-4-5-13-27/h6-11,18,22H,4-5,12-17,19H2,1-3H3,(H,26,30)/t22-/m0/s1. The number of amides is 2. The number of carbonyl (C=O) groups is 1. The van der Waals surface area contributed by atoms with Crippen LogP contribution in [0.25, 0.3) is 0 Å². The first kappa shape index (κ1) is 24.8. The third-order valence-electron chi connectivity index (χ3n) is 6.78. The summed E-state index contributed by atoms with van der Waals surface area (Å²) in [4.78, 5) is 17.2. The van der Waals surface area contributed by atoms with Crippen molar-refractivity contribution in [2.45, 2.75) is 50.0 Å². The molecule has 186 valence electrons. The minimum Gasteiger partial charge on any atom is -0.468 e. The van der Waals surface area contributed by atoms with Gasteiger partial charge in [0.25, 0.3) is 0 Å². The number of furan rings is 1. The van der Waals surface area contributed by atoms with Crippen molar-refractivity contribution in [1.29, 1.82) is 0 Å². The Labute approximate surface area is 202 Å². The van der Waals surface area contributed by atoms with Crippen LogP contribution >= 0.6 is 0 Å². The first-order chi connectivity index (χ1) is 16.2. The van der Waals surface area contributed by atoms with E-state index in [0.717, 1.165) is 37.3 Å². The van der Waals surface area contributed by atoms with Crippen molar-refractivity contribution in [2.75, 3.05) is 45.8 Å². The smallest absolute Gasteiger partial charge is 0.317 e. The molecule has 34 heavy (non-hydrogen) atoms. The number of carbonyl (C=O) groups excluding carboxylic acids is 1. The summed E-state index contributed by atoms with van der Waals surface area (Å²) in [7, 11) is -3.58. The summed E-state index contributed by atoms with van der Waals surface area (Å²) in [5.41, 5.74) is 1.06. The zero-order chi connectivity index (χ0) is 24.3. The van der Waals surface area contributed by atoms with Gasteiger partial charge in [-0.1, -0.05) is 32.9 Å². The van der Waals surface area contributed by atoms with Crippen LogP contribution in [0.5, 0.6) is 0 Å². The van der Waals surface area contributed by atoms with Crippen LogP contribution in [0, 0.1) is 0 Å². The lowest BCUT2D eigenvalue weighted by atomic mass is 9.87. The molecule has 2 saturated heterocycles. The Balaban J connectivity index is 1.32. The molecule has 0 bridgehead atoms. The number of urea groups is 1. The van der Waals surface area contributed by atoms with E-state index >= 15 is 0 Å². The van der Waals surface area contributed by atoms with Crippen LogP contribution in [0.4, 0.5) is 4.79 Å². The SMILES string of the molecule is CC(C)(C)c1ccc(S(=O)(=O)N2CCN(C(=O)NC[C@@H](c3ccco3)N3CCCC3)CC2)cc1. The molecule has 0 aliphatic carbocycles. The summed E-state index contributed by atoms with van der Waals surface area (Å²) in [6, 6.07) is 10.8. The highest BCUT2D eigenvalue weighted by atomic mass is 32.2. The zero-order valence-electron chi connectivity index (χ0n) is 20.4. The van der Waals surface area contributed by atoms with Crippen LogP contribution in [-0.2, 0) is 15.4 Å². The van der Waals surface area contributed by atoms with Gasteiger partial charge in [0.1, 0.15) is 5.76 Å². The Morgan fingerprint density at radius 1 is 1.00 bits per heavy atom. The Hall–Kier alpha value is -2.36. The molecule has 9 heteroatoms. The summed E-state index contributed by atoms with van der Waals surface area (Å²) in [5.74, 6) is 0.857. The molecule has 2 fully saturated rings. The molecule has 4 rings (SSSR count). The Kier molecular flexibility index (Phi) is 7.35. The van der Waals surface area contributed by atoms with Gasteiger partial charge in [-0.05, 0) is 61.2 Å². The Morgan fingerprint density at radius 2 is 1.65 bits per heavy atom. The molecule has 8 nitrogen and oxygen atoms in total. The van der Waals surface area contributed by atoms with Crippen LogP contribution < -0.4 is 5.32 Å². The summed E-state index contributed by atoms with van der Waals surface area (Å²) in [6.45, 7) is 10.0. The number of rotatable bonds is 6. The molecule has 0 saturated carbocycles. The minimum absolute atomic E-state index is 0.0131. The maximum absolute atomic E-state index is 13.1. The van der Waals surface area contributed by atoms with Crippen molar-refractivity contribution in [3.05, 3.63) is 54.0 Å². The van der Waals surface area contributed by atoms with E-state index in [1.165, 1.54) is 4.31 Å². The third-order valence-corrected chi connectivity index (χ3v) is 8.70. The first-order valence-electron chi connectivity index (χ1n) is 12.1. The largest absolute Gasteiger partial charge is 0.468 e. The molecule has 2 amide bonds. The number of hydrogen-bond donors (Lipinski definition) is 1. The molecule has 3 heterocycles.